The third-order valence-electron chi connectivity index (χ3n) is 3.52. The van der Waals surface area contributed by atoms with Crippen LogP contribution in [0.15, 0.2) is 12.3 Å². The Labute approximate surface area is 126 Å². The second-order valence-electron chi connectivity index (χ2n) is 6.10. The number of aromatic nitrogens is 1. The summed E-state index contributed by atoms with van der Waals surface area (Å²) in [6.45, 7) is 7.00. The van der Waals surface area contributed by atoms with Crippen molar-refractivity contribution >= 4 is 11.7 Å². The number of rotatable bonds is 8. The lowest BCUT2D eigenvalue weighted by Crippen LogP contribution is -2.34. The van der Waals surface area contributed by atoms with E-state index in [0.29, 0.717) is 12.4 Å². The molecule has 0 saturated carbocycles. The minimum atomic E-state index is -0.513. The predicted octanol–water partition coefficient (Wildman–Crippen LogP) is 3.60. The monoisotopic (exact) mass is 295 g/mol. The van der Waals surface area contributed by atoms with E-state index in [1.807, 2.05) is 0 Å². The van der Waals surface area contributed by atoms with Crippen molar-refractivity contribution in [3.63, 3.8) is 0 Å². The summed E-state index contributed by atoms with van der Waals surface area (Å²) < 4.78 is 13.3. The predicted molar refractivity (Wildman–Crippen MR) is 84.0 cm³/mol. The van der Waals surface area contributed by atoms with E-state index in [-0.39, 0.29) is 16.9 Å². The Balaban J connectivity index is 2.63. The molecule has 1 heterocycles. The number of hydrogen-bond donors (Lipinski definition) is 2. The smallest absolute Gasteiger partial charge is 0.255 e. The van der Waals surface area contributed by atoms with Gasteiger partial charge in [-0.25, -0.2) is 9.37 Å². The fourth-order valence-electron chi connectivity index (χ4n) is 2.17. The lowest BCUT2D eigenvalue weighted by Gasteiger charge is -2.25. The van der Waals surface area contributed by atoms with E-state index in [1.54, 1.807) is 7.05 Å². The van der Waals surface area contributed by atoms with Gasteiger partial charge in [0.15, 0.2) is 0 Å². The summed E-state index contributed by atoms with van der Waals surface area (Å²) in [5.41, 5.74) is 0.271. The minimum absolute atomic E-state index is 0.0331. The molecule has 0 aromatic carbocycles. The summed E-state index contributed by atoms with van der Waals surface area (Å²) in [5, 5.41) is 5.69. The Morgan fingerprint density at radius 2 is 2.10 bits per heavy atom. The van der Waals surface area contributed by atoms with E-state index in [1.165, 1.54) is 18.9 Å². The fraction of sp³-hybridized carbons (Fsp3) is 0.625. The van der Waals surface area contributed by atoms with Crippen molar-refractivity contribution < 1.29 is 9.18 Å². The van der Waals surface area contributed by atoms with Crippen LogP contribution < -0.4 is 10.6 Å². The normalized spacial score (nSPS) is 11.3. The topological polar surface area (TPSA) is 54.0 Å². The number of carbonyl (C=O) groups excluding carboxylic acids is 1. The van der Waals surface area contributed by atoms with Gasteiger partial charge in [-0.3, -0.25) is 4.79 Å². The summed E-state index contributed by atoms with van der Waals surface area (Å²) in [6.07, 6.45) is 5.69. The van der Waals surface area contributed by atoms with E-state index in [0.717, 1.165) is 19.0 Å². The van der Waals surface area contributed by atoms with Gasteiger partial charge in [-0.2, -0.15) is 0 Å². The Morgan fingerprint density at radius 1 is 1.38 bits per heavy atom. The molecule has 21 heavy (non-hydrogen) atoms. The lowest BCUT2D eigenvalue weighted by atomic mass is 9.87. The summed E-state index contributed by atoms with van der Waals surface area (Å²) >= 11 is 0. The number of anilines is 1. The second kappa shape index (κ2) is 7.96. The third-order valence-corrected chi connectivity index (χ3v) is 3.52. The van der Waals surface area contributed by atoms with Crippen LogP contribution in [0, 0.1) is 11.2 Å². The average Bonchev–Trinajstić information content (AvgIpc) is 2.45. The Hall–Kier alpha value is -1.65. The molecule has 118 valence electrons. The van der Waals surface area contributed by atoms with Crippen LogP contribution in [-0.2, 0) is 0 Å². The van der Waals surface area contributed by atoms with Gasteiger partial charge in [0, 0.05) is 13.6 Å². The van der Waals surface area contributed by atoms with E-state index in [9.17, 15) is 9.18 Å². The second-order valence-corrected chi connectivity index (χ2v) is 6.10. The van der Waals surface area contributed by atoms with E-state index in [4.69, 9.17) is 0 Å². The number of carbonyl (C=O) groups is 1. The molecule has 0 fully saturated rings. The maximum atomic E-state index is 13.3. The highest BCUT2D eigenvalue weighted by molar-refractivity contribution is 5.98. The van der Waals surface area contributed by atoms with Gasteiger partial charge in [0.1, 0.15) is 11.6 Å². The molecular formula is C16H26FN3O. The molecular weight excluding hydrogens is 269 g/mol. The minimum Gasteiger partial charge on any atom is -0.372 e. The first-order chi connectivity index (χ1) is 9.89. The van der Waals surface area contributed by atoms with Crippen LogP contribution in [0.4, 0.5) is 10.2 Å². The Kier molecular flexibility index (Phi) is 6.59. The van der Waals surface area contributed by atoms with Gasteiger partial charge >= 0.3 is 0 Å². The average molecular weight is 295 g/mol. The van der Waals surface area contributed by atoms with E-state index < -0.39 is 5.82 Å². The Bertz CT molecular complexity index is 475. The molecule has 5 heteroatoms. The summed E-state index contributed by atoms with van der Waals surface area (Å²) in [5.74, 6) is -0.422. The maximum Gasteiger partial charge on any atom is 0.255 e. The highest BCUT2D eigenvalue weighted by Gasteiger charge is 2.20. The molecule has 0 bridgehead atoms. The van der Waals surface area contributed by atoms with Gasteiger partial charge in [0.25, 0.3) is 5.91 Å². The fourth-order valence-corrected chi connectivity index (χ4v) is 2.17. The van der Waals surface area contributed by atoms with Gasteiger partial charge in [0.2, 0.25) is 0 Å². The van der Waals surface area contributed by atoms with Crippen LogP contribution in [0.5, 0.6) is 0 Å². The highest BCUT2D eigenvalue weighted by Crippen LogP contribution is 2.23. The van der Waals surface area contributed by atoms with Gasteiger partial charge < -0.3 is 10.6 Å². The molecule has 1 rings (SSSR count). The van der Waals surface area contributed by atoms with Crippen molar-refractivity contribution in [2.24, 2.45) is 5.41 Å². The standard InChI is InChI=1S/C16H26FN3O/c1-5-6-7-8-16(2,3)11-20-15(21)13-9-12(17)10-19-14(13)18-4/h9-10H,5-8,11H2,1-4H3,(H,18,19)(H,20,21). The number of unbranched alkanes of at least 4 members (excludes halogenated alkanes) is 2. The van der Waals surface area contributed by atoms with Crippen LogP contribution >= 0.6 is 0 Å². The number of pyridine rings is 1. The number of nitrogens with one attached hydrogen (secondary N) is 2. The molecule has 0 aliphatic carbocycles. The van der Waals surface area contributed by atoms with Gasteiger partial charge in [-0.05, 0) is 17.9 Å². The van der Waals surface area contributed by atoms with Crippen LogP contribution in [-0.4, -0.2) is 24.5 Å². The van der Waals surface area contributed by atoms with Crippen LogP contribution in [0.2, 0.25) is 0 Å². The number of halogens is 1. The highest BCUT2D eigenvalue weighted by atomic mass is 19.1. The molecule has 0 aliphatic heterocycles. The van der Waals surface area contributed by atoms with Gasteiger partial charge in [-0.1, -0.05) is 40.0 Å². The summed E-state index contributed by atoms with van der Waals surface area (Å²) in [6, 6.07) is 1.21. The summed E-state index contributed by atoms with van der Waals surface area (Å²) in [7, 11) is 1.66. The van der Waals surface area contributed by atoms with Crippen LogP contribution in [0.3, 0.4) is 0 Å². The quantitative estimate of drug-likeness (QED) is 0.720. The first-order valence-electron chi connectivity index (χ1n) is 7.51. The van der Waals surface area contributed by atoms with Gasteiger partial charge in [0.05, 0.1) is 11.8 Å². The van der Waals surface area contributed by atoms with Crippen LogP contribution in [0.1, 0.15) is 56.8 Å². The largest absolute Gasteiger partial charge is 0.372 e. The maximum absolute atomic E-state index is 13.3. The molecule has 1 amide bonds. The van der Waals surface area contributed by atoms with Crippen molar-refractivity contribution in [1.29, 1.82) is 0 Å². The molecule has 1 aromatic rings. The summed E-state index contributed by atoms with van der Waals surface area (Å²) in [4.78, 5) is 16.1. The van der Waals surface area contributed by atoms with Gasteiger partial charge in [-0.15, -0.1) is 0 Å². The number of hydrogen-bond acceptors (Lipinski definition) is 3. The molecule has 0 saturated heterocycles. The molecule has 0 unspecified atom stereocenters. The molecule has 1 aromatic heterocycles. The van der Waals surface area contributed by atoms with E-state index >= 15 is 0 Å². The van der Waals surface area contributed by atoms with Crippen molar-refractivity contribution in [2.75, 3.05) is 18.9 Å². The number of nitrogens with zero attached hydrogens (tertiary/aromatic N) is 1. The van der Waals surface area contributed by atoms with Crippen molar-refractivity contribution in [2.45, 2.75) is 46.5 Å². The lowest BCUT2D eigenvalue weighted by molar-refractivity contribution is 0.0934. The molecule has 4 nitrogen and oxygen atoms in total. The van der Waals surface area contributed by atoms with E-state index in [2.05, 4.69) is 36.4 Å². The molecule has 0 spiro atoms. The first-order valence-corrected chi connectivity index (χ1v) is 7.51. The SMILES string of the molecule is CCCCCC(C)(C)CNC(=O)c1cc(F)cnc1NC. The molecule has 0 atom stereocenters. The third kappa shape index (κ3) is 5.69. The molecule has 0 aliphatic rings. The zero-order valence-electron chi connectivity index (χ0n) is 13.4. The zero-order chi connectivity index (χ0) is 15.9. The molecule has 0 radical (unpaired) electrons. The van der Waals surface area contributed by atoms with Crippen LogP contribution in [0.25, 0.3) is 0 Å². The first kappa shape index (κ1) is 17.4. The van der Waals surface area contributed by atoms with Crippen molar-refractivity contribution in [1.82, 2.24) is 10.3 Å². The zero-order valence-corrected chi connectivity index (χ0v) is 13.4. The van der Waals surface area contributed by atoms with Crippen molar-refractivity contribution in [3.05, 3.63) is 23.6 Å². The molecule has 2 N–H and O–H groups in total. The van der Waals surface area contributed by atoms with Crippen molar-refractivity contribution in [3.8, 4) is 0 Å². The Morgan fingerprint density at radius 3 is 2.71 bits per heavy atom. The number of amides is 1.